The van der Waals surface area contributed by atoms with Gasteiger partial charge in [0, 0.05) is 12.1 Å². The highest BCUT2D eigenvalue weighted by Gasteiger charge is 2.23. The highest BCUT2D eigenvalue weighted by molar-refractivity contribution is 5.14. The average molecular weight is 265 g/mol. The minimum atomic E-state index is -0.251. The Balaban J connectivity index is 2.19. The van der Waals surface area contributed by atoms with Crippen LogP contribution in [0.2, 0.25) is 0 Å². The highest BCUT2D eigenvalue weighted by atomic mass is 16.5. The van der Waals surface area contributed by atoms with E-state index in [2.05, 4.69) is 36.5 Å². The summed E-state index contributed by atoms with van der Waals surface area (Å²) in [6, 6.07) is 10.5. The number of rotatable bonds is 9. The molecule has 0 aliphatic rings. The second-order valence-corrected chi connectivity index (χ2v) is 5.44. The summed E-state index contributed by atoms with van der Waals surface area (Å²) in [5.74, 6) is 0. The minimum absolute atomic E-state index is 0.126. The van der Waals surface area contributed by atoms with Crippen molar-refractivity contribution in [3.05, 3.63) is 35.9 Å². The molecule has 0 fully saturated rings. The molecule has 0 aliphatic carbocycles. The van der Waals surface area contributed by atoms with Gasteiger partial charge in [-0.3, -0.25) is 0 Å². The first-order valence-electron chi connectivity index (χ1n) is 7.05. The van der Waals surface area contributed by atoms with E-state index < -0.39 is 0 Å². The summed E-state index contributed by atoms with van der Waals surface area (Å²) in [6.45, 7) is 4.97. The van der Waals surface area contributed by atoms with Crippen molar-refractivity contribution in [1.29, 1.82) is 0 Å². The van der Waals surface area contributed by atoms with Gasteiger partial charge in [-0.1, -0.05) is 30.3 Å². The van der Waals surface area contributed by atoms with Gasteiger partial charge in [-0.05, 0) is 45.7 Å². The number of aryl methyl sites for hydroxylation is 1. The Bertz CT molecular complexity index is 336. The molecule has 0 radical (unpaired) electrons. The van der Waals surface area contributed by atoms with Crippen LogP contribution in [-0.2, 0) is 11.2 Å². The smallest absolute Gasteiger partial charge is 0.0611 e. The minimum Gasteiger partial charge on any atom is -0.394 e. The lowest BCUT2D eigenvalue weighted by molar-refractivity contribution is 0.0289. The fraction of sp³-hybridized carbons (Fsp3) is 0.625. The maximum atomic E-state index is 9.34. The van der Waals surface area contributed by atoms with Crippen molar-refractivity contribution in [2.24, 2.45) is 0 Å². The van der Waals surface area contributed by atoms with Crippen LogP contribution < -0.4 is 5.32 Å². The van der Waals surface area contributed by atoms with Gasteiger partial charge in [0.1, 0.15) is 0 Å². The summed E-state index contributed by atoms with van der Waals surface area (Å²) in [6.07, 6.45) is 3.05. The third kappa shape index (κ3) is 6.19. The van der Waals surface area contributed by atoms with E-state index in [0.29, 0.717) is 0 Å². The predicted octanol–water partition coefficient (Wildman–Crippen LogP) is 2.38. The van der Waals surface area contributed by atoms with Crippen molar-refractivity contribution in [2.75, 3.05) is 20.3 Å². The quantitative estimate of drug-likeness (QED) is 0.674. The average Bonchev–Trinajstić information content (AvgIpc) is 2.44. The van der Waals surface area contributed by atoms with E-state index in [1.807, 2.05) is 20.0 Å². The van der Waals surface area contributed by atoms with Crippen LogP contribution in [0, 0.1) is 0 Å². The van der Waals surface area contributed by atoms with Gasteiger partial charge in [-0.15, -0.1) is 0 Å². The number of nitrogens with one attached hydrogen (secondary N) is 1. The van der Waals surface area contributed by atoms with Gasteiger partial charge in [0.15, 0.2) is 0 Å². The normalized spacial score (nSPS) is 16.0. The molecule has 0 amide bonds. The van der Waals surface area contributed by atoms with Crippen LogP contribution in [-0.4, -0.2) is 37.0 Å². The van der Waals surface area contributed by atoms with E-state index in [9.17, 15) is 5.11 Å². The molecule has 2 atom stereocenters. The van der Waals surface area contributed by atoms with Crippen LogP contribution in [0.3, 0.4) is 0 Å². The molecule has 1 aromatic rings. The Morgan fingerprint density at radius 2 is 2.00 bits per heavy atom. The number of ether oxygens (including phenoxy) is 1. The summed E-state index contributed by atoms with van der Waals surface area (Å²) in [5.41, 5.74) is 1.10. The van der Waals surface area contributed by atoms with E-state index in [-0.39, 0.29) is 18.2 Å². The zero-order valence-electron chi connectivity index (χ0n) is 12.4. The van der Waals surface area contributed by atoms with Gasteiger partial charge < -0.3 is 15.2 Å². The first kappa shape index (κ1) is 16.2. The molecule has 0 heterocycles. The standard InChI is InChI=1S/C16H27NO2/c1-14(12-16(2,13-18)17-3)19-11-7-10-15-8-5-4-6-9-15/h4-6,8-9,14,17-18H,7,10-13H2,1-3H3. The van der Waals surface area contributed by atoms with Crippen LogP contribution in [0.5, 0.6) is 0 Å². The lowest BCUT2D eigenvalue weighted by Crippen LogP contribution is -2.46. The number of hydrogen-bond donors (Lipinski definition) is 2. The van der Waals surface area contributed by atoms with Crippen LogP contribution in [0.15, 0.2) is 30.3 Å². The molecule has 0 spiro atoms. The molecule has 3 nitrogen and oxygen atoms in total. The fourth-order valence-electron chi connectivity index (χ4n) is 2.14. The molecular formula is C16H27NO2. The molecule has 19 heavy (non-hydrogen) atoms. The number of benzene rings is 1. The third-order valence-electron chi connectivity index (χ3n) is 3.55. The summed E-state index contributed by atoms with van der Waals surface area (Å²) in [7, 11) is 1.87. The largest absolute Gasteiger partial charge is 0.394 e. The maximum Gasteiger partial charge on any atom is 0.0611 e. The van der Waals surface area contributed by atoms with Crippen LogP contribution in [0.25, 0.3) is 0 Å². The second kappa shape index (κ2) is 8.31. The van der Waals surface area contributed by atoms with Crippen molar-refractivity contribution in [3.63, 3.8) is 0 Å². The molecule has 0 saturated heterocycles. The molecule has 0 bridgehead atoms. The molecule has 1 rings (SSSR count). The summed E-state index contributed by atoms with van der Waals surface area (Å²) < 4.78 is 5.81. The Morgan fingerprint density at radius 1 is 1.32 bits per heavy atom. The molecule has 3 heteroatoms. The van der Waals surface area contributed by atoms with E-state index >= 15 is 0 Å². The van der Waals surface area contributed by atoms with Crippen LogP contribution in [0.4, 0.5) is 0 Å². The van der Waals surface area contributed by atoms with Crippen molar-refractivity contribution in [1.82, 2.24) is 5.32 Å². The monoisotopic (exact) mass is 265 g/mol. The molecule has 0 saturated carbocycles. The summed E-state index contributed by atoms with van der Waals surface area (Å²) in [5, 5.41) is 12.5. The first-order chi connectivity index (χ1) is 9.09. The Morgan fingerprint density at radius 3 is 2.58 bits per heavy atom. The number of aliphatic hydroxyl groups excluding tert-OH is 1. The lowest BCUT2D eigenvalue weighted by atomic mass is 9.96. The molecule has 2 N–H and O–H groups in total. The van der Waals surface area contributed by atoms with Crippen molar-refractivity contribution >= 4 is 0 Å². The lowest BCUT2D eigenvalue weighted by Gasteiger charge is -2.29. The molecular weight excluding hydrogens is 238 g/mol. The SMILES string of the molecule is CNC(C)(CO)CC(C)OCCCc1ccccc1. The van der Waals surface area contributed by atoms with Crippen LogP contribution in [0.1, 0.15) is 32.3 Å². The van der Waals surface area contributed by atoms with Crippen molar-refractivity contribution in [3.8, 4) is 0 Å². The Hall–Kier alpha value is -0.900. The summed E-state index contributed by atoms with van der Waals surface area (Å²) in [4.78, 5) is 0. The first-order valence-corrected chi connectivity index (χ1v) is 7.05. The van der Waals surface area contributed by atoms with Gasteiger partial charge in [0.05, 0.1) is 12.7 Å². The molecule has 0 aromatic heterocycles. The Labute approximate surface area is 117 Å². The summed E-state index contributed by atoms with van der Waals surface area (Å²) >= 11 is 0. The molecule has 108 valence electrons. The predicted molar refractivity (Wildman–Crippen MR) is 79.3 cm³/mol. The maximum absolute atomic E-state index is 9.34. The molecule has 0 aliphatic heterocycles. The number of aliphatic hydroxyl groups is 1. The van der Waals surface area contributed by atoms with Gasteiger partial charge in [-0.25, -0.2) is 0 Å². The van der Waals surface area contributed by atoms with Gasteiger partial charge >= 0.3 is 0 Å². The fourth-order valence-corrected chi connectivity index (χ4v) is 2.14. The Kier molecular flexibility index (Phi) is 7.06. The zero-order valence-corrected chi connectivity index (χ0v) is 12.4. The molecule has 1 aromatic carbocycles. The van der Waals surface area contributed by atoms with E-state index in [1.165, 1.54) is 5.56 Å². The topological polar surface area (TPSA) is 41.5 Å². The van der Waals surface area contributed by atoms with Gasteiger partial charge in [-0.2, -0.15) is 0 Å². The van der Waals surface area contributed by atoms with Crippen LogP contribution >= 0.6 is 0 Å². The highest BCUT2D eigenvalue weighted by Crippen LogP contribution is 2.14. The zero-order chi connectivity index (χ0) is 14.1. The van der Waals surface area contributed by atoms with E-state index in [0.717, 1.165) is 25.9 Å². The van der Waals surface area contributed by atoms with Crippen molar-refractivity contribution < 1.29 is 9.84 Å². The van der Waals surface area contributed by atoms with Gasteiger partial charge in [0.2, 0.25) is 0 Å². The molecule has 2 unspecified atom stereocenters. The van der Waals surface area contributed by atoms with E-state index in [4.69, 9.17) is 4.74 Å². The second-order valence-electron chi connectivity index (χ2n) is 5.44. The van der Waals surface area contributed by atoms with Crippen molar-refractivity contribution in [2.45, 2.75) is 44.8 Å². The van der Waals surface area contributed by atoms with E-state index in [1.54, 1.807) is 0 Å². The third-order valence-corrected chi connectivity index (χ3v) is 3.55. The number of likely N-dealkylation sites (N-methyl/N-ethyl adjacent to an activating group) is 1. The number of hydrogen-bond acceptors (Lipinski definition) is 3. The van der Waals surface area contributed by atoms with Gasteiger partial charge in [0.25, 0.3) is 0 Å².